The molecule has 0 aliphatic carbocycles. The number of thiophene rings is 1. The highest BCUT2D eigenvalue weighted by atomic mass is 32.1. The van der Waals surface area contributed by atoms with Crippen LogP contribution in [0.4, 0.5) is 5.69 Å². The van der Waals surface area contributed by atoms with Crippen LogP contribution in [0.5, 0.6) is 0 Å². The van der Waals surface area contributed by atoms with Gasteiger partial charge in [-0.1, -0.05) is 5.16 Å². The minimum absolute atomic E-state index is 0.0411. The van der Waals surface area contributed by atoms with Crippen LogP contribution in [0.2, 0.25) is 0 Å². The lowest BCUT2D eigenvalue weighted by Crippen LogP contribution is -2.25. The van der Waals surface area contributed by atoms with Gasteiger partial charge in [0.05, 0.1) is 4.88 Å². The van der Waals surface area contributed by atoms with E-state index in [-0.39, 0.29) is 11.7 Å². The van der Waals surface area contributed by atoms with Gasteiger partial charge in [-0.2, -0.15) is 0 Å². The minimum atomic E-state index is -0.0559. The van der Waals surface area contributed by atoms with Gasteiger partial charge in [0.1, 0.15) is 0 Å². The van der Waals surface area contributed by atoms with Crippen LogP contribution in [0, 0.1) is 6.92 Å². The van der Waals surface area contributed by atoms with E-state index in [0.29, 0.717) is 10.4 Å². The Morgan fingerprint density at radius 3 is 2.40 bits per heavy atom. The Bertz CT molecular complexity index is 647. The Labute approximate surface area is 120 Å². The number of nitrogens with zero attached hydrogens (tertiary/aromatic N) is 2. The molecule has 0 saturated carbocycles. The van der Waals surface area contributed by atoms with E-state index in [1.807, 2.05) is 19.1 Å². The van der Waals surface area contributed by atoms with E-state index in [4.69, 9.17) is 10.9 Å². The maximum Gasteiger partial charge on any atom is 0.268 e. The fourth-order valence-electron chi connectivity index (χ4n) is 1.75. The number of anilines is 1. The second kappa shape index (κ2) is 5.75. The predicted octanol–water partition coefficient (Wildman–Crippen LogP) is 2.43. The van der Waals surface area contributed by atoms with E-state index >= 15 is 0 Å². The third kappa shape index (κ3) is 2.80. The number of hydrogen-bond acceptors (Lipinski definition) is 4. The van der Waals surface area contributed by atoms with Gasteiger partial charge in [-0.05, 0) is 43.3 Å². The Morgan fingerprint density at radius 2 is 1.90 bits per heavy atom. The highest BCUT2D eigenvalue weighted by Crippen LogP contribution is 2.21. The minimum Gasteiger partial charge on any atom is -0.409 e. The lowest BCUT2D eigenvalue weighted by Gasteiger charge is -2.16. The first-order valence-electron chi connectivity index (χ1n) is 5.95. The molecule has 1 heterocycles. The molecule has 0 unspecified atom stereocenters. The van der Waals surface area contributed by atoms with Crippen LogP contribution in [0.25, 0.3) is 0 Å². The highest BCUT2D eigenvalue weighted by molar-refractivity contribution is 7.14. The summed E-state index contributed by atoms with van der Waals surface area (Å²) in [6.07, 6.45) is 0. The third-order valence-corrected chi connectivity index (χ3v) is 3.90. The topological polar surface area (TPSA) is 78.9 Å². The van der Waals surface area contributed by atoms with Crippen LogP contribution in [0.1, 0.15) is 20.1 Å². The predicted molar refractivity (Wildman–Crippen MR) is 80.7 cm³/mol. The van der Waals surface area contributed by atoms with E-state index in [2.05, 4.69) is 5.16 Å². The normalized spacial score (nSPS) is 11.4. The van der Waals surface area contributed by atoms with Crippen molar-refractivity contribution in [3.63, 3.8) is 0 Å². The van der Waals surface area contributed by atoms with Crippen molar-refractivity contribution in [3.05, 3.63) is 51.7 Å². The molecule has 0 aliphatic rings. The lowest BCUT2D eigenvalue weighted by atomic mass is 10.2. The number of amidine groups is 1. The molecule has 0 fully saturated rings. The first kappa shape index (κ1) is 14.1. The van der Waals surface area contributed by atoms with Crippen LogP contribution in [-0.4, -0.2) is 24.0 Å². The summed E-state index contributed by atoms with van der Waals surface area (Å²) in [5.41, 5.74) is 6.84. The Morgan fingerprint density at radius 1 is 1.25 bits per heavy atom. The number of amides is 1. The largest absolute Gasteiger partial charge is 0.409 e. The first-order valence-corrected chi connectivity index (χ1v) is 6.77. The van der Waals surface area contributed by atoms with Gasteiger partial charge in [-0.25, -0.2) is 0 Å². The van der Waals surface area contributed by atoms with Crippen molar-refractivity contribution < 1.29 is 10.0 Å². The van der Waals surface area contributed by atoms with Gasteiger partial charge in [-0.15, -0.1) is 11.3 Å². The molecule has 0 atom stereocenters. The summed E-state index contributed by atoms with van der Waals surface area (Å²) in [5.74, 6) is -0.0148. The molecule has 5 nitrogen and oxygen atoms in total. The van der Waals surface area contributed by atoms with Crippen molar-refractivity contribution in [2.75, 3.05) is 11.9 Å². The van der Waals surface area contributed by atoms with E-state index in [1.54, 1.807) is 36.2 Å². The van der Waals surface area contributed by atoms with Crippen LogP contribution in [-0.2, 0) is 0 Å². The number of aryl methyl sites for hydroxylation is 1. The number of oxime groups is 1. The molecule has 1 amide bonds. The lowest BCUT2D eigenvalue weighted by molar-refractivity contribution is 0.0997. The fourth-order valence-corrected chi connectivity index (χ4v) is 2.59. The average Bonchev–Trinajstić information content (AvgIpc) is 2.91. The van der Waals surface area contributed by atoms with Crippen LogP contribution >= 0.6 is 11.3 Å². The second-order valence-electron chi connectivity index (χ2n) is 4.31. The summed E-state index contributed by atoms with van der Waals surface area (Å²) >= 11 is 1.47. The fraction of sp³-hybridized carbons (Fsp3) is 0.143. The van der Waals surface area contributed by atoms with Gasteiger partial charge in [0.25, 0.3) is 5.91 Å². The SMILES string of the molecule is Cc1ccc(C(=O)N(C)c2ccc(C(N)=NO)cc2)s1. The van der Waals surface area contributed by atoms with Crippen molar-refractivity contribution in [3.8, 4) is 0 Å². The number of carbonyl (C=O) groups excluding carboxylic acids is 1. The zero-order chi connectivity index (χ0) is 14.7. The van der Waals surface area contributed by atoms with E-state index in [9.17, 15) is 4.79 Å². The summed E-state index contributed by atoms with van der Waals surface area (Å²) in [6, 6.07) is 10.7. The number of carbonyl (C=O) groups is 1. The van der Waals surface area contributed by atoms with Crippen molar-refractivity contribution in [2.45, 2.75) is 6.92 Å². The van der Waals surface area contributed by atoms with Crippen molar-refractivity contribution in [1.29, 1.82) is 0 Å². The van der Waals surface area contributed by atoms with Crippen LogP contribution < -0.4 is 10.6 Å². The molecule has 0 aliphatic heterocycles. The summed E-state index contributed by atoms with van der Waals surface area (Å²) in [4.78, 5) is 15.7. The first-order chi connectivity index (χ1) is 9.52. The molecule has 6 heteroatoms. The summed E-state index contributed by atoms with van der Waals surface area (Å²) in [5, 5.41) is 11.5. The maximum absolute atomic E-state index is 12.3. The Hall–Kier alpha value is -2.34. The number of benzene rings is 1. The molecule has 0 saturated heterocycles. The zero-order valence-electron chi connectivity index (χ0n) is 11.2. The quantitative estimate of drug-likeness (QED) is 0.394. The van der Waals surface area contributed by atoms with Crippen molar-refractivity contribution >= 4 is 28.8 Å². The van der Waals surface area contributed by atoms with E-state index in [1.165, 1.54) is 11.3 Å². The van der Waals surface area contributed by atoms with Gasteiger partial charge in [0, 0.05) is 23.2 Å². The maximum atomic E-state index is 12.3. The van der Waals surface area contributed by atoms with E-state index in [0.717, 1.165) is 10.6 Å². The van der Waals surface area contributed by atoms with Crippen molar-refractivity contribution in [1.82, 2.24) is 0 Å². The number of nitrogens with two attached hydrogens (primary N) is 1. The monoisotopic (exact) mass is 289 g/mol. The zero-order valence-corrected chi connectivity index (χ0v) is 12.0. The molecule has 2 rings (SSSR count). The molecule has 1 aromatic heterocycles. The Balaban J connectivity index is 2.21. The molecule has 1 aromatic carbocycles. The molecular formula is C14H15N3O2S. The van der Waals surface area contributed by atoms with Gasteiger partial charge in [0.2, 0.25) is 0 Å². The molecule has 0 spiro atoms. The Kier molecular flexibility index (Phi) is 4.05. The molecule has 20 heavy (non-hydrogen) atoms. The summed E-state index contributed by atoms with van der Waals surface area (Å²) in [6.45, 7) is 1.97. The molecule has 0 bridgehead atoms. The number of hydrogen-bond donors (Lipinski definition) is 2. The number of rotatable bonds is 3. The summed E-state index contributed by atoms with van der Waals surface area (Å²) < 4.78 is 0. The summed E-state index contributed by atoms with van der Waals surface area (Å²) in [7, 11) is 1.72. The molecule has 3 N–H and O–H groups in total. The smallest absolute Gasteiger partial charge is 0.268 e. The molecule has 2 aromatic rings. The third-order valence-electron chi connectivity index (χ3n) is 2.91. The molecule has 0 radical (unpaired) electrons. The van der Waals surface area contributed by atoms with Gasteiger partial charge < -0.3 is 15.8 Å². The molecular weight excluding hydrogens is 274 g/mol. The van der Waals surface area contributed by atoms with E-state index < -0.39 is 0 Å². The standard InChI is InChI=1S/C14H15N3O2S/c1-9-3-8-12(20-9)14(18)17(2)11-6-4-10(5-7-11)13(15)16-19/h3-8,19H,1-2H3,(H2,15,16). The highest BCUT2D eigenvalue weighted by Gasteiger charge is 2.15. The van der Waals surface area contributed by atoms with Gasteiger partial charge in [-0.3, -0.25) is 4.79 Å². The van der Waals surface area contributed by atoms with Gasteiger partial charge in [0.15, 0.2) is 5.84 Å². The average molecular weight is 289 g/mol. The van der Waals surface area contributed by atoms with Gasteiger partial charge >= 0.3 is 0 Å². The van der Waals surface area contributed by atoms with Crippen LogP contribution in [0.15, 0.2) is 41.6 Å². The second-order valence-corrected chi connectivity index (χ2v) is 5.59. The van der Waals surface area contributed by atoms with Crippen molar-refractivity contribution in [2.24, 2.45) is 10.9 Å². The molecule has 104 valence electrons. The van der Waals surface area contributed by atoms with Crippen LogP contribution in [0.3, 0.4) is 0 Å².